The summed E-state index contributed by atoms with van der Waals surface area (Å²) in [6, 6.07) is 1.46. The Morgan fingerprint density at radius 3 is 1.24 bits per heavy atom. The molecule has 2 N–H and O–H groups in total. The molecule has 2 heteroatoms. The monoisotopic (exact) mass is 237 g/mol. The summed E-state index contributed by atoms with van der Waals surface area (Å²) >= 11 is 0. The molecule has 0 aromatic rings. The van der Waals surface area contributed by atoms with Gasteiger partial charge in [-0.2, -0.15) is 0 Å². The van der Waals surface area contributed by atoms with Crippen molar-refractivity contribution in [2.24, 2.45) is 0 Å². The normalized spacial score (nSPS) is 25.4. The van der Waals surface area contributed by atoms with Crippen molar-refractivity contribution in [1.82, 2.24) is 10.6 Å². The third-order valence-electron chi connectivity index (χ3n) is 4.35. The Hall–Kier alpha value is -0.0800. The summed E-state index contributed by atoms with van der Waals surface area (Å²) in [6.07, 6.45) is 16.9. The lowest BCUT2D eigenvalue weighted by Gasteiger charge is -2.20. The molecule has 0 unspecified atom stereocenters. The van der Waals surface area contributed by atoms with E-state index in [2.05, 4.69) is 17.3 Å². The molecule has 2 aliphatic rings. The van der Waals surface area contributed by atoms with Crippen LogP contribution in [0, 0.1) is 6.67 Å². The van der Waals surface area contributed by atoms with E-state index in [0.717, 1.165) is 12.1 Å². The molecule has 17 heavy (non-hydrogen) atoms. The highest BCUT2D eigenvalue weighted by molar-refractivity contribution is 4.78. The number of hydrogen-bond donors (Lipinski definition) is 2. The first-order chi connectivity index (χ1) is 8.45. The van der Waals surface area contributed by atoms with Crippen molar-refractivity contribution >= 4 is 0 Å². The van der Waals surface area contributed by atoms with Crippen LogP contribution in [-0.4, -0.2) is 12.1 Å². The van der Waals surface area contributed by atoms with Gasteiger partial charge in [-0.1, -0.05) is 51.4 Å². The van der Waals surface area contributed by atoms with Crippen molar-refractivity contribution < 1.29 is 0 Å². The molecular formula is C15H29N2. The van der Waals surface area contributed by atoms with E-state index in [1.54, 1.807) is 0 Å². The van der Waals surface area contributed by atoms with E-state index in [4.69, 9.17) is 0 Å². The molecule has 2 saturated carbocycles. The van der Waals surface area contributed by atoms with Gasteiger partial charge in [0.25, 0.3) is 0 Å². The second kappa shape index (κ2) is 8.10. The summed E-state index contributed by atoms with van der Waals surface area (Å²) in [4.78, 5) is 0. The van der Waals surface area contributed by atoms with Crippen LogP contribution in [0.25, 0.3) is 0 Å². The van der Waals surface area contributed by atoms with Crippen LogP contribution in [0.4, 0.5) is 0 Å². The first-order valence-corrected chi connectivity index (χ1v) is 7.79. The molecule has 0 saturated heterocycles. The zero-order valence-corrected chi connectivity index (χ0v) is 11.2. The molecule has 0 aromatic heterocycles. The molecule has 0 aromatic carbocycles. The molecule has 2 rings (SSSR count). The lowest BCUT2D eigenvalue weighted by Crippen LogP contribution is -2.37. The topological polar surface area (TPSA) is 24.1 Å². The molecule has 0 aliphatic heterocycles. The van der Waals surface area contributed by atoms with Gasteiger partial charge in [0.05, 0.1) is 6.67 Å². The highest BCUT2D eigenvalue weighted by Crippen LogP contribution is 2.18. The van der Waals surface area contributed by atoms with Crippen LogP contribution < -0.4 is 10.6 Å². The molecule has 0 amide bonds. The molecular weight excluding hydrogens is 208 g/mol. The van der Waals surface area contributed by atoms with E-state index in [1.807, 2.05) is 0 Å². The van der Waals surface area contributed by atoms with Crippen molar-refractivity contribution in [2.45, 2.75) is 89.1 Å². The fraction of sp³-hybridized carbons (Fsp3) is 0.933. The van der Waals surface area contributed by atoms with Gasteiger partial charge in [0.1, 0.15) is 0 Å². The average Bonchev–Trinajstić information content (AvgIpc) is 2.73. The van der Waals surface area contributed by atoms with E-state index >= 15 is 0 Å². The second-order valence-electron chi connectivity index (χ2n) is 5.85. The summed E-state index contributed by atoms with van der Waals surface area (Å²) < 4.78 is 0. The summed E-state index contributed by atoms with van der Waals surface area (Å²) in [5.74, 6) is 0. The van der Waals surface area contributed by atoms with Gasteiger partial charge in [-0.3, -0.25) is 10.6 Å². The number of hydrogen-bond acceptors (Lipinski definition) is 2. The van der Waals surface area contributed by atoms with E-state index in [1.165, 1.54) is 77.0 Å². The molecule has 0 atom stereocenters. The van der Waals surface area contributed by atoms with Gasteiger partial charge in [0.2, 0.25) is 0 Å². The highest BCUT2D eigenvalue weighted by atomic mass is 15.1. The zero-order chi connectivity index (χ0) is 11.8. The van der Waals surface area contributed by atoms with Crippen molar-refractivity contribution in [2.75, 3.05) is 0 Å². The predicted molar refractivity (Wildman–Crippen MR) is 73.6 cm³/mol. The molecule has 2 fully saturated rings. The van der Waals surface area contributed by atoms with Crippen molar-refractivity contribution in [3.63, 3.8) is 0 Å². The maximum absolute atomic E-state index is 3.59. The SMILES string of the molecule is [CH](NC1CCCCCC1)NC1CCCCCC1. The first-order valence-electron chi connectivity index (χ1n) is 7.79. The Bertz CT molecular complexity index is 157. The van der Waals surface area contributed by atoms with Crippen molar-refractivity contribution in [1.29, 1.82) is 0 Å². The lowest BCUT2D eigenvalue weighted by molar-refractivity contribution is 0.431. The number of rotatable bonds is 4. The molecule has 99 valence electrons. The molecule has 0 bridgehead atoms. The third kappa shape index (κ3) is 5.39. The minimum Gasteiger partial charge on any atom is -0.297 e. The molecule has 0 spiro atoms. The number of nitrogens with one attached hydrogen (secondary N) is 2. The average molecular weight is 237 g/mol. The Balaban J connectivity index is 1.57. The maximum Gasteiger partial charge on any atom is 0.0870 e. The second-order valence-corrected chi connectivity index (χ2v) is 5.85. The summed E-state index contributed by atoms with van der Waals surface area (Å²) in [5, 5.41) is 7.19. The van der Waals surface area contributed by atoms with Crippen LogP contribution in [0.5, 0.6) is 0 Å². The summed E-state index contributed by atoms with van der Waals surface area (Å²) in [5.41, 5.74) is 0. The Morgan fingerprint density at radius 1 is 0.529 bits per heavy atom. The summed E-state index contributed by atoms with van der Waals surface area (Å²) in [7, 11) is 0. The van der Waals surface area contributed by atoms with Gasteiger partial charge >= 0.3 is 0 Å². The van der Waals surface area contributed by atoms with Gasteiger partial charge in [-0.25, -0.2) is 0 Å². The Kier molecular flexibility index (Phi) is 6.36. The Labute approximate surface area is 107 Å². The van der Waals surface area contributed by atoms with Crippen LogP contribution in [-0.2, 0) is 0 Å². The molecule has 0 heterocycles. The quantitative estimate of drug-likeness (QED) is 0.728. The highest BCUT2D eigenvalue weighted by Gasteiger charge is 2.14. The molecule has 2 nitrogen and oxygen atoms in total. The summed E-state index contributed by atoms with van der Waals surface area (Å²) in [6.45, 7) is 2.16. The van der Waals surface area contributed by atoms with Gasteiger partial charge in [-0.05, 0) is 25.7 Å². The minimum absolute atomic E-state index is 0.732. The van der Waals surface area contributed by atoms with Gasteiger partial charge in [-0.15, -0.1) is 0 Å². The third-order valence-corrected chi connectivity index (χ3v) is 4.35. The lowest BCUT2D eigenvalue weighted by atomic mass is 10.1. The van der Waals surface area contributed by atoms with Gasteiger partial charge in [0, 0.05) is 12.1 Å². The fourth-order valence-electron chi connectivity index (χ4n) is 3.18. The van der Waals surface area contributed by atoms with Crippen LogP contribution >= 0.6 is 0 Å². The van der Waals surface area contributed by atoms with Gasteiger partial charge < -0.3 is 0 Å². The predicted octanol–water partition coefficient (Wildman–Crippen LogP) is 3.73. The largest absolute Gasteiger partial charge is 0.297 e. The van der Waals surface area contributed by atoms with Crippen LogP contribution in [0.3, 0.4) is 0 Å². The molecule has 2 aliphatic carbocycles. The van der Waals surface area contributed by atoms with Crippen molar-refractivity contribution in [3.8, 4) is 0 Å². The van der Waals surface area contributed by atoms with Gasteiger partial charge in [0.15, 0.2) is 0 Å². The van der Waals surface area contributed by atoms with Crippen LogP contribution in [0.2, 0.25) is 0 Å². The smallest absolute Gasteiger partial charge is 0.0870 e. The maximum atomic E-state index is 3.59. The van der Waals surface area contributed by atoms with E-state index < -0.39 is 0 Å². The Morgan fingerprint density at radius 2 is 0.882 bits per heavy atom. The first kappa shape index (κ1) is 13.4. The van der Waals surface area contributed by atoms with Crippen LogP contribution in [0.1, 0.15) is 77.0 Å². The zero-order valence-electron chi connectivity index (χ0n) is 11.2. The van der Waals surface area contributed by atoms with E-state index in [0.29, 0.717) is 0 Å². The van der Waals surface area contributed by atoms with Crippen LogP contribution in [0.15, 0.2) is 0 Å². The minimum atomic E-state index is 0.732. The standard InChI is InChI=1S/C15H29N2/c1-2-6-10-14(9-5-1)16-13-17-15-11-7-3-4-8-12-15/h13-17H,1-12H2. The van der Waals surface area contributed by atoms with Crippen molar-refractivity contribution in [3.05, 3.63) is 6.67 Å². The van der Waals surface area contributed by atoms with E-state index in [9.17, 15) is 0 Å². The molecule has 1 radical (unpaired) electrons. The fourth-order valence-corrected chi connectivity index (χ4v) is 3.18. The van der Waals surface area contributed by atoms with E-state index in [-0.39, 0.29) is 0 Å².